The van der Waals surface area contributed by atoms with Crippen molar-refractivity contribution in [1.29, 1.82) is 0 Å². The minimum Gasteiger partial charge on any atom is -0.481 e. The fraction of sp³-hybridized carbons (Fsp3) is 0.963. The van der Waals surface area contributed by atoms with Gasteiger partial charge in [-0.15, -0.1) is 0 Å². The van der Waals surface area contributed by atoms with Gasteiger partial charge in [0.1, 0.15) is 0 Å². The van der Waals surface area contributed by atoms with Gasteiger partial charge in [0.2, 0.25) is 0 Å². The van der Waals surface area contributed by atoms with Crippen LogP contribution in [0.25, 0.3) is 0 Å². The molecule has 3 nitrogen and oxygen atoms in total. The first-order chi connectivity index (χ1) is 14.1. The molecular formula is C27H46O3. The Bertz CT molecular complexity index is 646. The Kier molecular flexibility index (Phi) is 6.10. The topological polar surface area (TPSA) is 57.5 Å². The molecule has 2 unspecified atom stereocenters. The lowest BCUT2D eigenvalue weighted by atomic mass is 9.41. The van der Waals surface area contributed by atoms with Crippen molar-refractivity contribution in [1.82, 2.24) is 0 Å². The molecule has 11 atom stereocenters. The number of aliphatic hydroxyl groups is 1. The van der Waals surface area contributed by atoms with Crippen LogP contribution < -0.4 is 0 Å². The van der Waals surface area contributed by atoms with E-state index < -0.39 is 5.97 Å². The summed E-state index contributed by atoms with van der Waals surface area (Å²) in [6.07, 6.45) is 11.1. The van der Waals surface area contributed by atoms with Gasteiger partial charge in [-0.2, -0.15) is 0 Å². The monoisotopic (exact) mass is 418 g/mol. The van der Waals surface area contributed by atoms with Crippen molar-refractivity contribution in [3.63, 3.8) is 0 Å². The molecule has 4 aliphatic carbocycles. The molecule has 0 aromatic rings. The average Bonchev–Trinajstić information content (AvgIpc) is 3.05. The molecule has 0 heterocycles. The summed E-state index contributed by atoms with van der Waals surface area (Å²) in [7, 11) is 0. The van der Waals surface area contributed by atoms with Gasteiger partial charge in [-0.1, -0.05) is 47.5 Å². The van der Waals surface area contributed by atoms with Crippen molar-refractivity contribution in [2.75, 3.05) is 0 Å². The third-order valence-electron chi connectivity index (χ3n) is 11.3. The smallest absolute Gasteiger partial charge is 0.303 e. The number of rotatable bonds is 5. The molecule has 0 amide bonds. The van der Waals surface area contributed by atoms with E-state index in [-0.39, 0.29) is 11.5 Å². The average molecular weight is 419 g/mol. The Morgan fingerprint density at radius 2 is 1.70 bits per heavy atom. The van der Waals surface area contributed by atoms with Crippen LogP contribution >= 0.6 is 0 Å². The van der Waals surface area contributed by atoms with E-state index in [2.05, 4.69) is 34.6 Å². The summed E-state index contributed by atoms with van der Waals surface area (Å²) >= 11 is 0. The summed E-state index contributed by atoms with van der Waals surface area (Å²) in [5.74, 6) is 4.14. The highest BCUT2D eigenvalue weighted by atomic mass is 16.4. The molecule has 0 spiro atoms. The largest absolute Gasteiger partial charge is 0.481 e. The van der Waals surface area contributed by atoms with Crippen LogP contribution in [0.2, 0.25) is 0 Å². The van der Waals surface area contributed by atoms with E-state index in [4.69, 9.17) is 0 Å². The molecule has 3 heteroatoms. The Morgan fingerprint density at radius 3 is 2.37 bits per heavy atom. The van der Waals surface area contributed by atoms with Crippen molar-refractivity contribution in [2.45, 2.75) is 105 Å². The highest BCUT2D eigenvalue weighted by molar-refractivity contribution is 5.66. The minimum atomic E-state index is -0.663. The summed E-state index contributed by atoms with van der Waals surface area (Å²) in [5.41, 5.74) is 0.689. The minimum absolute atomic E-state index is 0.138. The van der Waals surface area contributed by atoms with Gasteiger partial charge in [-0.3, -0.25) is 4.79 Å². The molecule has 0 saturated heterocycles. The molecule has 172 valence electrons. The molecule has 4 rings (SSSR count). The maximum absolute atomic E-state index is 11.8. The van der Waals surface area contributed by atoms with Crippen LogP contribution in [-0.2, 0) is 4.79 Å². The lowest BCUT2D eigenvalue weighted by molar-refractivity contribution is -0.198. The highest BCUT2D eigenvalue weighted by Crippen LogP contribution is 2.69. The summed E-state index contributed by atoms with van der Waals surface area (Å²) < 4.78 is 0. The molecule has 4 saturated carbocycles. The molecule has 0 radical (unpaired) electrons. The number of hydrogen-bond acceptors (Lipinski definition) is 2. The van der Waals surface area contributed by atoms with Gasteiger partial charge in [0, 0.05) is 6.42 Å². The van der Waals surface area contributed by atoms with Crippen LogP contribution in [-0.4, -0.2) is 22.3 Å². The third kappa shape index (κ3) is 3.37. The first-order valence-corrected chi connectivity index (χ1v) is 13.0. The Hall–Kier alpha value is -0.570. The van der Waals surface area contributed by atoms with Gasteiger partial charge in [0.05, 0.1) is 6.10 Å². The van der Waals surface area contributed by atoms with E-state index in [1.54, 1.807) is 0 Å². The standard InChI is InChI=1S/C27H46O3/c1-6-18-22-15-16(2)11-13-27(22,5)21-12-14-26(4)19(17(3)7-10-23(28)29)8-9-20(26)24(21)25(18)30/h16-22,24-25,30H,6-15H2,1-5H3,(H,28,29)/t16?,17-,18-,19-,20+,21+,22?,24+,25-,26-,27-/m1/s1. The molecule has 0 bridgehead atoms. The van der Waals surface area contributed by atoms with Gasteiger partial charge < -0.3 is 10.2 Å². The zero-order valence-corrected chi connectivity index (χ0v) is 20.1. The lowest BCUT2D eigenvalue weighted by Gasteiger charge is -2.65. The second-order valence-corrected chi connectivity index (χ2v) is 12.5. The fourth-order valence-electron chi connectivity index (χ4n) is 9.71. The van der Waals surface area contributed by atoms with E-state index in [1.165, 1.54) is 44.9 Å². The Labute approximate surface area is 184 Å². The Morgan fingerprint density at radius 1 is 1.03 bits per heavy atom. The quantitative estimate of drug-likeness (QED) is 0.544. The highest BCUT2D eigenvalue weighted by Gasteiger charge is 2.64. The summed E-state index contributed by atoms with van der Waals surface area (Å²) in [4.78, 5) is 11.1. The second-order valence-electron chi connectivity index (χ2n) is 12.5. The van der Waals surface area contributed by atoms with Crippen LogP contribution in [0, 0.1) is 58.2 Å². The number of carboxylic acid groups (broad SMARTS) is 1. The van der Waals surface area contributed by atoms with Crippen molar-refractivity contribution >= 4 is 5.97 Å². The zero-order chi connectivity index (χ0) is 21.8. The van der Waals surface area contributed by atoms with Crippen molar-refractivity contribution in [3.05, 3.63) is 0 Å². The first kappa shape index (κ1) is 22.6. The van der Waals surface area contributed by atoms with Crippen LogP contribution in [0.3, 0.4) is 0 Å². The SMILES string of the molecule is CC[C@@H]1C2CC(C)CC[C@]2(C)[C@H]2CC[C@]3(C)[C@@H]([C@H](C)CCC(=O)O)CC[C@H]3[C@@H]2[C@@H]1O. The molecule has 4 fully saturated rings. The molecule has 4 aliphatic rings. The third-order valence-corrected chi connectivity index (χ3v) is 11.3. The molecular weight excluding hydrogens is 372 g/mol. The van der Waals surface area contributed by atoms with Gasteiger partial charge in [-0.25, -0.2) is 0 Å². The van der Waals surface area contributed by atoms with Gasteiger partial charge in [-0.05, 0) is 103 Å². The van der Waals surface area contributed by atoms with E-state index in [9.17, 15) is 15.0 Å². The van der Waals surface area contributed by atoms with Crippen molar-refractivity contribution in [3.8, 4) is 0 Å². The maximum Gasteiger partial charge on any atom is 0.303 e. The first-order valence-electron chi connectivity index (χ1n) is 13.0. The van der Waals surface area contributed by atoms with Gasteiger partial charge in [0.15, 0.2) is 0 Å². The van der Waals surface area contributed by atoms with Crippen LogP contribution in [0.5, 0.6) is 0 Å². The number of hydrogen-bond donors (Lipinski definition) is 2. The number of carbonyl (C=O) groups is 1. The summed E-state index contributed by atoms with van der Waals surface area (Å²) in [6.45, 7) is 12.1. The number of aliphatic hydroxyl groups excluding tert-OH is 1. The van der Waals surface area contributed by atoms with Crippen LogP contribution in [0.15, 0.2) is 0 Å². The maximum atomic E-state index is 11.8. The van der Waals surface area contributed by atoms with E-state index in [1.807, 2.05) is 0 Å². The number of carboxylic acids is 1. The Balaban J connectivity index is 1.61. The van der Waals surface area contributed by atoms with Gasteiger partial charge >= 0.3 is 5.97 Å². The molecule has 30 heavy (non-hydrogen) atoms. The normalized spacial score (nSPS) is 51.5. The zero-order valence-electron chi connectivity index (χ0n) is 20.1. The second kappa shape index (κ2) is 8.09. The van der Waals surface area contributed by atoms with E-state index in [0.29, 0.717) is 53.3 Å². The molecule has 0 aliphatic heterocycles. The summed E-state index contributed by atoms with van der Waals surface area (Å²) in [5, 5.41) is 21.0. The predicted octanol–water partition coefficient (Wildman–Crippen LogP) is 6.39. The predicted molar refractivity (Wildman–Crippen MR) is 121 cm³/mol. The number of aliphatic carboxylic acids is 1. The van der Waals surface area contributed by atoms with E-state index in [0.717, 1.165) is 18.8 Å². The summed E-state index contributed by atoms with van der Waals surface area (Å²) in [6, 6.07) is 0. The van der Waals surface area contributed by atoms with Gasteiger partial charge in [0.25, 0.3) is 0 Å². The van der Waals surface area contributed by atoms with E-state index >= 15 is 0 Å². The lowest BCUT2D eigenvalue weighted by Crippen LogP contribution is -2.61. The molecule has 2 N–H and O–H groups in total. The number of fused-ring (bicyclic) bond motifs is 5. The molecule has 0 aromatic carbocycles. The van der Waals surface area contributed by atoms with Crippen molar-refractivity contribution in [2.24, 2.45) is 58.2 Å². The van der Waals surface area contributed by atoms with Crippen LogP contribution in [0.4, 0.5) is 0 Å². The van der Waals surface area contributed by atoms with Crippen LogP contribution in [0.1, 0.15) is 98.8 Å². The fourth-order valence-corrected chi connectivity index (χ4v) is 9.71. The van der Waals surface area contributed by atoms with Crippen molar-refractivity contribution < 1.29 is 15.0 Å². The molecule has 0 aromatic heterocycles.